The first-order valence-electron chi connectivity index (χ1n) is 7.44. The number of hydroxylamine groups is 2. The van der Waals surface area contributed by atoms with Crippen molar-refractivity contribution in [2.75, 3.05) is 13.6 Å². The molecular formula is C16H18N2O4. The Bertz CT molecular complexity index is 608. The molecule has 22 heavy (non-hydrogen) atoms. The molecule has 3 rings (SSSR count). The summed E-state index contributed by atoms with van der Waals surface area (Å²) in [6.45, 7) is 2.81. The SMILES string of the molecule is CC[C@@H]1[C@@H](C(=O)ON2C(=O)c3ccccc3C2=O)CCN1C. The number of imide groups is 1. The van der Waals surface area contributed by atoms with Gasteiger partial charge in [-0.3, -0.25) is 9.59 Å². The van der Waals surface area contributed by atoms with Crippen LogP contribution in [0.5, 0.6) is 0 Å². The molecule has 6 nitrogen and oxygen atoms in total. The van der Waals surface area contributed by atoms with Gasteiger partial charge in [-0.05, 0) is 38.6 Å². The molecule has 0 unspecified atom stereocenters. The summed E-state index contributed by atoms with van der Waals surface area (Å²) in [6.07, 6.45) is 1.50. The minimum atomic E-state index is -0.576. The van der Waals surface area contributed by atoms with E-state index in [2.05, 4.69) is 4.90 Å². The minimum absolute atomic E-state index is 0.0858. The molecule has 2 amide bonds. The molecule has 0 aromatic heterocycles. The average Bonchev–Trinajstić information content (AvgIpc) is 3.01. The molecule has 0 N–H and O–H groups in total. The number of carbonyl (C=O) groups excluding carboxylic acids is 3. The largest absolute Gasteiger partial charge is 0.337 e. The molecule has 1 fully saturated rings. The number of fused-ring (bicyclic) bond motifs is 1. The van der Waals surface area contributed by atoms with Gasteiger partial charge in [0.15, 0.2) is 0 Å². The van der Waals surface area contributed by atoms with E-state index >= 15 is 0 Å². The number of benzene rings is 1. The Morgan fingerprint density at radius 1 is 1.23 bits per heavy atom. The Labute approximate surface area is 128 Å². The highest BCUT2D eigenvalue weighted by atomic mass is 16.7. The summed E-state index contributed by atoms with van der Waals surface area (Å²) >= 11 is 0. The van der Waals surface area contributed by atoms with Crippen LogP contribution in [-0.4, -0.2) is 47.4 Å². The summed E-state index contributed by atoms with van der Waals surface area (Å²) in [5.74, 6) is -1.97. The fourth-order valence-electron chi connectivity index (χ4n) is 3.29. The molecule has 0 bridgehead atoms. The minimum Gasteiger partial charge on any atom is -0.329 e. The Morgan fingerprint density at radius 3 is 2.36 bits per heavy atom. The van der Waals surface area contributed by atoms with E-state index in [1.165, 1.54) is 0 Å². The third-order valence-corrected chi connectivity index (χ3v) is 4.48. The molecule has 0 aliphatic carbocycles. The van der Waals surface area contributed by atoms with Gasteiger partial charge >= 0.3 is 5.97 Å². The topological polar surface area (TPSA) is 66.9 Å². The summed E-state index contributed by atoms with van der Waals surface area (Å²) in [6, 6.07) is 6.55. The van der Waals surface area contributed by atoms with Crippen LogP contribution in [-0.2, 0) is 9.63 Å². The van der Waals surface area contributed by atoms with E-state index in [0.29, 0.717) is 11.5 Å². The molecule has 1 aromatic rings. The second-order valence-electron chi connectivity index (χ2n) is 5.71. The number of rotatable bonds is 3. The van der Waals surface area contributed by atoms with Crippen LogP contribution >= 0.6 is 0 Å². The van der Waals surface area contributed by atoms with E-state index in [4.69, 9.17) is 4.84 Å². The van der Waals surface area contributed by atoms with Crippen molar-refractivity contribution >= 4 is 17.8 Å². The van der Waals surface area contributed by atoms with E-state index in [1.54, 1.807) is 24.3 Å². The van der Waals surface area contributed by atoms with Crippen LogP contribution < -0.4 is 0 Å². The second kappa shape index (κ2) is 5.53. The first-order valence-corrected chi connectivity index (χ1v) is 7.44. The fraction of sp³-hybridized carbons (Fsp3) is 0.438. The second-order valence-corrected chi connectivity index (χ2v) is 5.71. The molecule has 0 spiro atoms. The van der Waals surface area contributed by atoms with E-state index in [1.807, 2.05) is 14.0 Å². The summed E-state index contributed by atoms with van der Waals surface area (Å²) in [4.78, 5) is 44.0. The molecule has 2 aliphatic rings. The van der Waals surface area contributed by atoms with Crippen LogP contribution in [0.1, 0.15) is 40.5 Å². The maximum Gasteiger partial charge on any atom is 0.337 e. The number of likely N-dealkylation sites (tertiary alicyclic amines) is 1. The van der Waals surface area contributed by atoms with Gasteiger partial charge < -0.3 is 9.74 Å². The van der Waals surface area contributed by atoms with Crippen molar-refractivity contribution in [3.8, 4) is 0 Å². The first-order chi connectivity index (χ1) is 10.5. The van der Waals surface area contributed by atoms with E-state index < -0.39 is 17.8 Å². The monoisotopic (exact) mass is 302 g/mol. The molecular weight excluding hydrogens is 284 g/mol. The van der Waals surface area contributed by atoms with Crippen LogP contribution in [0.15, 0.2) is 24.3 Å². The number of nitrogens with zero attached hydrogens (tertiary/aromatic N) is 2. The van der Waals surface area contributed by atoms with Gasteiger partial charge in [-0.2, -0.15) is 0 Å². The summed E-state index contributed by atoms with van der Waals surface area (Å²) in [5, 5.41) is 0.595. The number of carbonyl (C=O) groups is 3. The van der Waals surface area contributed by atoms with Gasteiger partial charge in [0, 0.05) is 6.04 Å². The lowest BCUT2D eigenvalue weighted by Crippen LogP contribution is -2.39. The molecule has 0 radical (unpaired) electrons. The lowest BCUT2D eigenvalue weighted by atomic mass is 9.99. The zero-order valence-electron chi connectivity index (χ0n) is 12.6. The molecule has 1 saturated heterocycles. The molecule has 1 aromatic carbocycles. The van der Waals surface area contributed by atoms with Gasteiger partial charge in [0.1, 0.15) is 0 Å². The Balaban J connectivity index is 1.76. The predicted molar refractivity (Wildman–Crippen MR) is 77.9 cm³/mol. The quantitative estimate of drug-likeness (QED) is 0.791. The van der Waals surface area contributed by atoms with Crippen molar-refractivity contribution < 1.29 is 19.2 Å². The maximum absolute atomic E-state index is 12.4. The highest BCUT2D eigenvalue weighted by Gasteiger charge is 2.42. The summed E-state index contributed by atoms with van der Waals surface area (Å²) in [5.41, 5.74) is 0.548. The zero-order chi connectivity index (χ0) is 15.9. The Morgan fingerprint density at radius 2 is 1.82 bits per heavy atom. The Kier molecular flexibility index (Phi) is 3.70. The third kappa shape index (κ3) is 2.20. The predicted octanol–water partition coefficient (Wildman–Crippen LogP) is 1.47. The van der Waals surface area contributed by atoms with Crippen LogP contribution in [0.2, 0.25) is 0 Å². The Hall–Kier alpha value is -2.21. The fourth-order valence-corrected chi connectivity index (χ4v) is 3.29. The number of hydrogen-bond donors (Lipinski definition) is 0. The highest BCUT2D eigenvalue weighted by molar-refractivity contribution is 6.20. The normalized spacial score (nSPS) is 24.7. The van der Waals surface area contributed by atoms with Gasteiger partial charge in [-0.1, -0.05) is 24.1 Å². The standard InChI is InChI=1S/C16H18N2O4/c1-3-13-12(8-9-17(13)2)16(21)22-18-14(19)10-6-4-5-7-11(10)15(18)20/h4-7,12-13H,3,8-9H2,1-2H3/t12-,13+/m0/s1. The molecule has 2 atom stereocenters. The van der Waals surface area contributed by atoms with Crippen molar-refractivity contribution in [1.29, 1.82) is 0 Å². The average molecular weight is 302 g/mol. The van der Waals surface area contributed by atoms with Crippen molar-refractivity contribution in [2.24, 2.45) is 5.92 Å². The van der Waals surface area contributed by atoms with Crippen LogP contribution in [0.4, 0.5) is 0 Å². The van der Waals surface area contributed by atoms with Crippen molar-refractivity contribution in [3.63, 3.8) is 0 Å². The van der Waals surface area contributed by atoms with E-state index in [-0.39, 0.29) is 23.1 Å². The van der Waals surface area contributed by atoms with Gasteiger partial charge in [0.25, 0.3) is 11.8 Å². The van der Waals surface area contributed by atoms with Crippen molar-refractivity contribution in [1.82, 2.24) is 9.96 Å². The number of hydrogen-bond acceptors (Lipinski definition) is 5. The summed E-state index contributed by atoms with van der Waals surface area (Å²) in [7, 11) is 1.96. The lowest BCUT2D eigenvalue weighted by Gasteiger charge is -2.23. The van der Waals surface area contributed by atoms with Crippen LogP contribution in [0.25, 0.3) is 0 Å². The van der Waals surface area contributed by atoms with Gasteiger partial charge in [0.2, 0.25) is 0 Å². The van der Waals surface area contributed by atoms with E-state index in [9.17, 15) is 14.4 Å². The lowest BCUT2D eigenvalue weighted by molar-refractivity contribution is -0.174. The third-order valence-electron chi connectivity index (χ3n) is 4.48. The molecule has 2 heterocycles. The van der Waals surface area contributed by atoms with Crippen molar-refractivity contribution in [2.45, 2.75) is 25.8 Å². The van der Waals surface area contributed by atoms with Crippen LogP contribution in [0, 0.1) is 5.92 Å². The highest BCUT2D eigenvalue weighted by Crippen LogP contribution is 2.28. The molecule has 116 valence electrons. The van der Waals surface area contributed by atoms with Crippen molar-refractivity contribution in [3.05, 3.63) is 35.4 Å². The van der Waals surface area contributed by atoms with Gasteiger partial charge in [-0.15, -0.1) is 0 Å². The van der Waals surface area contributed by atoms with E-state index in [0.717, 1.165) is 13.0 Å². The molecule has 6 heteroatoms. The number of amides is 2. The smallest absolute Gasteiger partial charge is 0.329 e. The van der Waals surface area contributed by atoms with Gasteiger partial charge in [-0.25, -0.2) is 4.79 Å². The molecule has 2 aliphatic heterocycles. The first kappa shape index (κ1) is 14.7. The summed E-state index contributed by atoms with van der Waals surface area (Å²) < 4.78 is 0. The maximum atomic E-state index is 12.4. The van der Waals surface area contributed by atoms with Gasteiger partial charge in [0.05, 0.1) is 17.0 Å². The zero-order valence-corrected chi connectivity index (χ0v) is 12.6. The molecule has 0 saturated carbocycles. The van der Waals surface area contributed by atoms with Crippen LogP contribution in [0.3, 0.4) is 0 Å².